The highest BCUT2D eigenvalue weighted by atomic mass is 32.2. The number of nitrogens with one attached hydrogen (secondary N) is 1. The number of benzene rings is 1. The van der Waals surface area contributed by atoms with Crippen LogP contribution >= 0.6 is 11.8 Å². The molecule has 0 spiro atoms. The van der Waals surface area contributed by atoms with Gasteiger partial charge in [0.25, 0.3) is 5.91 Å². The summed E-state index contributed by atoms with van der Waals surface area (Å²) in [6, 6.07) is 6.87. The van der Waals surface area contributed by atoms with E-state index in [-0.39, 0.29) is 22.4 Å². The number of hydrazone groups is 1. The van der Waals surface area contributed by atoms with Crippen LogP contribution in [0.5, 0.6) is 0 Å². The maximum atomic E-state index is 12.6. The molecule has 0 aliphatic carbocycles. The summed E-state index contributed by atoms with van der Waals surface area (Å²) in [5.74, 6) is -0.652. The van der Waals surface area contributed by atoms with Gasteiger partial charge in [-0.1, -0.05) is 19.1 Å². The van der Waals surface area contributed by atoms with Crippen molar-refractivity contribution in [3.05, 3.63) is 51.9 Å². The largest absolute Gasteiger partial charge is 0.463 e. The number of hydrogen-bond donors (Lipinski definition) is 1. The van der Waals surface area contributed by atoms with Gasteiger partial charge in [0.15, 0.2) is 11.3 Å². The Balaban J connectivity index is 1.77. The third-order valence-corrected chi connectivity index (χ3v) is 4.93. The van der Waals surface area contributed by atoms with Crippen LogP contribution in [0.25, 0.3) is 17.0 Å². The first-order valence-corrected chi connectivity index (χ1v) is 8.89. The second-order valence-electron chi connectivity index (χ2n) is 5.78. The van der Waals surface area contributed by atoms with Gasteiger partial charge in [0.1, 0.15) is 16.9 Å². The second kappa shape index (κ2) is 6.38. The minimum atomic E-state index is -0.561. The summed E-state index contributed by atoms with van der Waals surface area (Å²) in [4.78, 5) is 29.0. The standard InChI is InChI=1S/C18H14N4O3S/c1-2-5-14-21-22-16(19)12(17(24)20-18(22)26-14)8-10-9-25-13-7-4-3-6-11(13)15(10)23/h3-4,6-9,19H,2,5H2,1H3/b12-8-,19-16?. The molecule has 2 aliphatic heterocycles. The molecular formula is C18H14N4O3S. The van der Waals surface area contributed by atoms with Gasteiger partial charge in [0.05, 0.1) is 16.5 Å². The number of carbonyl (C=O) groups excluding carboxylic acids is 1. The molecule has 2 aromatic rings. The van der Waals surface area contributed by atoms with E-state index in [1.807, 2.05) is 6.92 Å². The van der Waals surface area contributed by atoms with Crippen molar-refractivity contribution in [2.75, 3.05) is 0 Å². The third kappa shape index (κ3) is 2.68. The normalized spacial score (nSPS) is 18.3. The van der Waals surface area contributed by atoms with Crippen molar-refractivity contribution in [1.29, 1.82) is 5.41 Å². The quantitative estimate of drug-likeness (QED) is 0.841. The number of amidine groups is 2. The number of aliphatic imine (C=N–C) groups is 1. The summed E-state index contributed by atoms with van der Waals surface area (Å²) in [6.07, 6.45) is 4.31. The Morgan fingerprint density at radius 1 is 1.31 bits per heavy atom. The van der Waals surface area contributed by atoms with Crippen LogP contribution in [0.15, 0.2) is 55.4 Å². The maximum absolute atomic E-state index is 12.6. The molecule has 0 saturated heterocycles. The SMILES string of the molecule is CCCC1=NN2C(=N)/C(=C/c3coc4ccccc4c3=O)C(=O)N=C2S1. The molecule has 7 nitrogen and oxygen atoms in total. The minimum absolute atomic E-state index is 0.0124. The molecule has 0 fully saturated rings. The lowest BCUT2D eigenvalue weighted by molar-refractivity contribution is -0.114. The first-order chi connectivity index (χ1) is 12.6. The van der Waals surface area contributed by atoms with Crippen LogP contribution in [0.3, 0.4) is 0 Å². The van der Waals surface area contributed by atoms with E-state index >= 15 is 0 Å². The number of para-hydroxylation sites is 1. The number of amides is 1. The summed E-state index contributed by atoms with van der Waals surface area (Å²) in [6.45, 7) is 2.03. The molecule has 0 unspecified atom stereocenters. The van der Waals surface area contributed by atoms with Gasteiger partial charge in [-0.15, -0.1) is 0 Å². The molecule has 1 aromatic heterocycles. The van der Waals surface area contributed by atoms with E-state index in [9.17, 15) is 9.59 Å². The fourth-order valence-electron chi connectivity index (χ4n) is 2.69. The van der Waals surface area contributed by atoms with Gasteiger partial charge in [-0.3, -0.25) is 15.0 Å². The van der Waals surface area contributed by atoms with E-state index in [0.717, 1.165) is 17.9 Å². The van der Waals surface area contributed by atoms with Gasteiger partial charge in [-0.25, -0.2) is 0 Å². The van der Waals surface area contributed by atoms with Crippen molar-refractivity contribution >= 4 is 50.8 Å². The average Bonchev–Trinajstić information content (AvgIpc) is 3.03. The zero-order valence-electron chi connectivity index (χ0n) is 13.9. The zero-order chi connectivity index (χ0) is 18.3. The molecule has 26 heavy (non-hydrogen) atoms. The Kier molecular flexibility index (Phi) is 4.04. The number of nitrogens with zero attached hydrogens (tertiary/aromatic N) is 3. The van der Waals surface area contributed by atoms with Crippen molar-refractivity contribution in [2.45, 2.75) is 19.8 Å². The van der Waals surface area contributed by atoms with Crippen LogP contribution in [0.4, 0.5) is 0 Å². The summed E-state index contributed by atoms with van der Waals surface area (Å²) in [5, 5.41) is 15.6. The Bertz CT molecular complexity index is 1100. The highest BCUT2D eigenvalue weighted by Crippen LogP contribution is 2.29. The number of carbonyl (C=O) groups is 1. The van der Waals surface area contributed by atoms with E-state index in [4.69, 9.17) is 9.83 Å². The number of hydrogen-bond acceptors (Lipinski definition) is 6. The predicted octanol–water partition coefficient (Wildman–Crippen LogP) is 3.21. The third-order valence-electron chi connectivity index (χ3n) is 3.97. The Hall–Kier alpha value is -3.00. The molecule has 0 saturated carbocycles. The van der Waals surface area contributed by atoms with Gasteiger partial charge in [0, 0.05) is 0 Å². The lowest BCUT2D eigenvalue weighted by Gasteiger charge is -2.20. The Morgan fingerprint density at radius 3 is 2.92 bits per heavy atom. The molecular weight excluding hydrogens is 352 g/mol. The molecule has 2 aliphatic rings. The van der Waals surface area contributed by atoms with Crippen molar-refractivity contribution in [3.63, 3.8) is 0 Å². The summed E-state index contributed by atoms with van der Waals surface area (Å²) >= 11 is 1.30. The lowest BCUT2D eigenvalue weighted by atomic mass is 10.1. The number of fused-ring (bicyclic) bond motifs is 2. The van der Waals surface area contributed by atoms with Crippen LogP contribution in [0.1, 0.15) is 25.3 Å². The van der Waals surface area contributed by atoms with E-state index in [0.29, 0.717) is 16.1 Å². The predicted molar refractivity (Wildman–Crippen MR) is 102 cm³/mol. The van der Waals surface area contributed by atoms with Crippen molar-refractivity contribution in [3.8, 4) is 0 Å². The fraction of sp³-hybridized carbons (Fsp3) is 0.167. The second-order valence-corrected chi connectivity index (χ2v) is 6.82. The molecule has 0 atom stereocenters. The molecule has 1 amide bonds. The molecule has 130 valence electrons. The highest BCUT2D eigenvalue weighted by molar-refractivity contribution is 8.26. The van der Waals surface area contributed by atoms with Gasteiger partial charge >= 0.3 is 0 Å². The first-order valence-electron chi connectivity index (χ1n) is 8.08. The van der Waals surface area contributed by atoms with Gasteiger partial charge in [0.2, 0.25) is 5.17 Å². The average molecular weight is 366 g/mol. The highest BCUT2D eigenvalue weighted by Gasteiger charge is 2.35. The van der Waals surface area contributed by atoms with E-state index < -0.39 is 5.91 Å². The summed E-state index contributed by atoms with van der Waals surface area (Å²) < 4.78 is 5.46. The zero-order valence-corrected chi connectivity index (χ0v) is 14.7. The van der Waals surface area contributed by atoms with Crippen LogP contribution < -0.4 is 5.43 Å². The molecule has 1 N–H and O–H groups in total. The molecule has 0 radical (unpaired) electrons. The summed E-state index contributed by atoms with van der Waals surface area (Å²) in [7, 11) is 0. The fourth-order valence-corrected chi connectivity index (χ4v) is 3.68. The molecule has 4 rings (SSSR count). The van der Waals surface area contributed by atoms with E-state index in [1.54, 1.807) is 24.3 Å². The minimum Gasteiger partial charge on any atom is -0.463 e. The van der Waals surface area contributed by atoms with Crippen LogP contribution in [-0.2, 0) is 4.79 Å². The van der Waals surface area contributed by atoms with Crippen molar-refractivity contribution < 1.29 is 9.21 Å². The summed E-state index contributed by atoms with van der Waals surface area (Å²) in [5.41, 5.74) is 0.411. The van der Waals surface area contributed by atoms with Crippen molar-refractivity contribution in [1.82, 2.24) is 5.01 Å². The van der Waals surface area contributed by atoms with Crippen molar-refractivity contribution in [2.24, 2.45) is 10.1 Å². The van der Waals surface area contributed by atoms with Gasteiger partial charge in [-0.2, -0.15) is 15.1 Å². The monoisotopic (exact) mass is 366 g/mol. The van der Waals surface area contributed by atoms with E-state index in [1.165, 1.54) is 29.1 Å². The molecule has 3 heterocycles. The molecule has 1 aromatic carbocycles. The first kappa shape index (κ1) is 16.5. The van der Waals surface area contributed by atoms with Crippen LogP contribution in [0, 0.1) is 5.41 Å². The molecule has 0 bridgehead atoms. The van der Waals surface area contributed by atoms with Crippen LogP contribution in [-0.4, -0.2) is 27.0 Å². The lowest BCUT2D eigenvalue weighted by Crippen LogP contribution is -2.35. The number of thioether (sulfide) groups is 1. The Morgan fingerprint density at radius 2 is 2.12 bits per heavy atom. The topological polar surface area (TPSA) is 99.1 Å². The smallest absolute Gasteiger partial charge is 0.283 e. The van der Waals surface area contributed by atoms with Gasteiger partial charge in [-0.05, 0) is 42.8 Å². The van der Waals surface area contributed by atoms with Crippen LogP contribution in [0.2, 0.25) is 0 Å². The van der Waals surface area contributed by atoms with E-state index in [2.05, 4.69) is 10.1 Å². The number of rotatable bonds is 3. The maximum Gasteiger partial charge on any atom is 0.283 e. The van der Waals surface area contributed by atoms with Gasteiger partial charge < -0.3 is 4.42 Å². The Labute approximate surface area is 152 Å². The molecule has 8 heteroatoms.